The van der Waals surface area contributed by atoms with Crippen LogP contribution in [-0.4, -0.2) is 54.5 Å². The van der Waals surface area contributed by atoms with E-state index in [1.165, 1.54) is 8.99 Å². The first kappa shape index (κ1) is 14.0. The molecule has 0 saturated carbocycles. The van der Waals surface area contributed by atoms with Gasteiger partial charge in [0.05, 0.1) is 22.4 Å². The summed E-state index contributed by atoms with van der Waals surface area (Å²) in [6.07, 6.45) is 0.417. The lowest BCUT2D eigenvalue weighted by atomic mass is 10.3. The summed E-state index contributed by atoms with van der Waals surface area (Å²) in [4.78, 5) is 0.213. The summed E-state index contributed by atoms with van der Waals surface area (Å²) >= 11 is 0. The summed E-state index contributed by atoms with van der Waals surface area (Å²) in [6.45, 7) is 3.44. The van der Waals surface area contributed by atoms with Crippen LogP contribution in [0.4, 0.5) is 0 Å². The predicted octanol–water partition coefficient (Wildman–Crippen LogP) is -0.403. The highest BCUT2D eigenvalue weighted by Crippen LogP contribution is 2.37. The standard InChI is InChI=1S/C11H17N3O4S2/c1-7-11(8(2)13(3)12-7)20(17,18)14-5-10-4-9(14)6-19(10,15)16/h9-10H,4-6H2,1-3H3. The lowest BCUT2D eigenvalue weighted by Crippen LogP contribution is -2.44. The third kappa shape index (κ3) is 1.76. The fourth-order valence-corrected chi connectivity index (χ4v) is 7.50. The van der Waals surface area contributed by atoms with E-state index in [1.54, 1.807) is 20.9 Å². The van der Waals surface area contributed by atoms with Crippen LogP contribution in [0.1, 0.15) is 17.8 Å². The Morgan fingerprint density at radius 3 is 2.35 bits per heavy atom. The zero-order valence-corrected chi connectivity index (χ0v) is 13.2. The van der Waals surface area contributed by atoms with Gasteiger partial charge in [0.1, 0.15) is 4.90 Å². The second-order valence-corrected chi connectivity index (χ2v) is 9.69. The molecule has 9 heteroatoms. The Kier molecular flexibility index (Phi) is 2.84. The molecule has 1 aromatic rings. The van der Waals surface area contributed by atoms with Crippen LogP contribution in [0.2, 0.25) is 0 Å². The Hall–Kier alpha value is -0.930. The van der Waals surface area contributed by atoms with E-state index in [1.807, 2.05) is 0 Å². The molecule has 2 saturated heterocycles. The smallest absolute Gasteiger partial charge is 0.247 e. The zero-order valence-electron chi connectivity index (χ0n) is 11.6. The van der Waals surface area contributed by atoms with Gasteiger partial charge in [0, 0.05) is 19.6 Å². The van der Waals surface area contributed by atoms with E-state index in [0.29, 0.717) is 17.8 Å². The molecule has 2 fully saturated rings. The molecule has 2 aliphatic heterocycles. The molecule has 2 aliphatic rings. The molecule has 0 aromatic carbocycles. The topological polar surface area (TPSA) is 89.3 Å². The van der Waals surface area contributed by atoms with Gasteiger partial charge >= 0.3 is 0 Å². The lowest BCUT2D eigenvalue weighted by molar-refractivity contribution is 0.402. The Morgan fingerprint density at radius 1 is 1.30 bits per heavy atom. The predicted molar refractivity (Wildman–Crippen MR) is 72.6 cm³/mol. The van der Waals surface area contributed by atoms with Gasteiger partial charge in [-0.25, -0.2) is 16.8 Å². The van der Waals surface area contributed by atoms with Gasteiger partial charge in [0.2, 0.25) is 10.0 Å². The van der Waals surface area contributed by atoms with Gasteiger partial charge in [-0.2, -0.15) is 9.40 Å². The maximum Gasteiger partial charge on any atom is 0.247 e. The molecule has 7 nitrogen and oxygen atoms in total. The number of hydrogen-bond acceptors (Lipinski definition) is 5. The Labute approximate surface area is 118 Å². The normalized spacial score (nSPS) is 29.1. The van der Waals surface area contributed by atoms with E-state index >= 15 is 0 Å². The molecule has 0 spiro atoms. The minimum Gasteiger partial charge on any atom is -0.271 e. The van der Waals surface area contributed by atoms with Crippen molar-refractivity contribution >= 4 is 19.9 Å². The van der Waals surface area contributed by atoms with Gasteiger partial charge in [-0.15, -0.1) is 0 Å². The summed E-state index contributed by atoms with van der Waals surface area (Å²) in [7, 11) is -5.08. The van der Waals surface area contributed by atoms with Crippen molar-refractivity contribution in [2.75, 3.05) is 12.3 Å². The third-order valence-corrected chi connectivity index (χ3v) is 8.65. The van der Waals surface area contributed by atoms with Crippen molar-refractivity contribution in [1.29, 1.82) is 0 Å². The molecule has 0 aliphatic carbocycles. The van der Waals surface area contributed by atoms with Crippen LogP contribution < -0.4 is 0 Å². The van der Waals surface area contributed by atoms with Gasteiger partial charge in [-0.1, -0.05) is 0 Å². The fourth-order valence-electron chi connectivity index (χ4n) is 3.20. The zero-order chi connectivity index (χ0) is 14.9. The third-order valence-electron chi connectivity index (χ3n) is 4.27. The molecule has 0 amide bonds. The van der Waals surface area contributed by atoms with Crippen molar-refractivity contribution in [3.63, 3.8) is 0 Å². The first-order valence-corrected chi connectivity index (χ1v) is 9.54. The van der Waals surface area contributed by atoms with E-state index in [4.69, 9.17) is 0 Å². The SMILES string of the molecule is Cc1nn(C)c(C)c1S(=O)(=O)N1CC2CC1CS2(=O)=O. The largest absolute Gasteiger partial charge is 0.271 e. The van der Waals surface area contributed by atoms with Gasteiger partial charge in [-0.05, 0) is 20.3 Å². The first-order valence-electron chi connectivity index (χ1n) is 6.38. The second kappa shape index (κ2) is 4.05. The van der Waals surface area contributed by atoms with Crippen molar-refractivity contribution in [1.82, 2.24) is 14.1 Å². The molecule has 2 unspecified atom stereocenters. The molecule has 0 N–H and O–H groups in total. The molecule has 112 valence electrons. The van der Waals surface area contributed by atoms with Crippen LogP contribution in [0, 0.1) is 13.8 Å². The fraction of sp³-hybridized carbons (Fsp3) is 0.727. The highest BCUT2D eigenvalue weighted by Gasteiger charge is 2.53. The monoisotopic (exact) mass is 319 g/mol. The number of hydrogen-bond donors (Lipinski definition) is 0. The Bertz CT molecular complexity index is 779. The summed E-state index contributed by atoms with van der Waals surface area (Å²) in [5.41, 5.74) is 1.03. The second-order valence-electron chi connectivity index (χ2n) is 5.54. The van der Waals surface area contributed by atoms with Gasteiger partial charge in [0.15, 0.2) is 9.84 Å². The first-order chi connectivity index (χ1) is 9.14. The van der Waals surface area contributed by atoms with Crippen molar-refractivity contribution in [2.24, 2.45) is 7.05 Å². The van der Waals surface area contributed by atoms with E-state index in [9.17, 15) is 16.8 Å². The van der Waals surface area contributed by atoms with E-state index in [0.717, 1.165) is 0 Å². The Morgan fingerprint density at radius 2 is 1.95 bits per heavy atom. The maximum absolute atomic E-state index is 12.8. The maximum atomic E-state index is 12.8. The van der Waals surface area contributed by atoms with Gasteiger partial charge in [0.25, 0.3) is 0 Å². The molecule has 2 bridgehead atoms. The minimum absolute atomic E-state index is 0.0603. The van der Waals surface area contributed by atoms with Crippen LogP contribution in [0.25, 0.3) is 0 Å². The average molecular weight is 319 g/mol. The van der Waals surface area contributed by atoms with E-state index in [2.05, 4.69) is 5.10 Å². The number of sulfone groups is 1. The quantitative estimate of drug-likeness (QED) is 0.740. The Balaban J connectivity index is 2.04. The van der Waals surface area contributed by atoms with Crippen LogP contribution in [0.3, 0.4) is 0 Å². The summed E-state index contributed by atoms with van der Waals surface area (Å²) in [5, 5.41) is 3.59. The summed E-state index contributed by atoms with van der Waals surface area (Å²) < 4.78 is 51.9. The van der Waals surface area contributed by atoms with Crippen molar-refractivity contribution in [2.45, 2.75) is 36.5 Å². The van der Waals surface area contributed by atoms with Gasteiger partial charge in [-0.3, -0.25) is 4.68 Å². The molecule has 2 atom stereocenters. The van der Waals surface area contributed by atoms with Crippen LogP contribution in [0.5, 0.6) is 0 Å². The number of nitrogens with zero attached hydrogens (tertiary/aromatic N) is 3. The van der Waals surface area contributed by atoms with E-state index < -0.39 is 31.2 Å². The van der Waals surface area contributed by atoms with Crippen molar-refractivity contribution in [3.8, 4) is 0 Å². The molecular formula is C11H17N3O4S2. The average Bonchev–Trinajstić information content (AvgIpc) is 2.90. The summed E-state index contributed by atoms with van der Waals surface area (Å²) in [5.74, 6) is -0.0603. The molecule has 0 radical (unpaired) electrons. The van der Waals surface area contributed by atoms with Crippen LogP contribution >= 0.6 is 0 Å². The van der Waals surface area contributed by atoms with Crippen molar-refractivity contribution < 1.29 is 16.8 Å². The van der Waals surface area contributed by atoms with Gasteiger partial charge < -0.3 is 0 Å². The lowest BCUT2D eigenvalue weighted by Gasteiger charge is -2.26. The molecule has 3 rings (SSSR count). The van der Waals surface area contributed by atoms with E-state index in [-0.39, 0.29) is 17.2 Å². The highest BCUT2D eigenvalue weighted by atomic mass is 32.2. The number of aryl methyl sites for hydroxylation is 2. The number of sulfonamides is 1. The minimum atomic E-state index is -3.67. The molecular weight excluding hydrogens is 302 g/mol. The van der Waals surface area contributed by atoms with Crippen LogP contribution in [-0.2, 0) is 26.9 Å². The highest BCUT2D eigenvalue weighted by molar-refractivity contribution is 7.93. The molecule has 20 heavy (non-hydrogen) atoms. The number of aromatic nitrogens is 2. The number of fused-ring (bicyclic) bond motifs is 2. The molecule has 1 aromatic heterocycles. The van der Waals surface area contributed by atoms with Crippen molar-refractivity contribution in [3.05, 3.63) is 11.4 Å². The molecule has 3 heterocycles. The van der Waals surface area contributed by atoms with Crippen LogP contribution in [0.15, 0.2) is 4.90 Å². The number of rotatable bonds is 2. The summed E-state index contributed by atoms with van der Waals surface area (Å²) in [6, 6.07) is -0.422.